The van der Waals surface area contributed by atoms with Crippen LogP contribution in [0.15, 0.2) is 76.2 Å². The predicted octanol–water partition coefficient (Wildman–Crippen LogP) is 4.93. The van der Waals surface area contributed by atoms with E-state index >= 15 is 0 Å². The van der Waals surface area contributed by atoms with Crippen molar-refractivity contribution in [3.05, 3.63) is 93.9 Å². The Bertz CT molecular complexity index is 1650. The van der Waals surface area contributed by atoms with E-state index in [-0.39, 0.29) is 29.3 Å². The molecule has 8 heteroatoms. The van der Waals surface area contributed by atoms with Gasteiger partial charge in [-0.15, -0.1) is 0 Å². The van der Waals surface area contributed by atoms with Crippen molar-refractivity contribution in [3.8, 4) is 22.8 Å². The summed E-state index contributed by atoms with van der Waals surface area (Å²) in [6.07, 6.45) is 2.43. The quantitative estimate of drug-likeness (QED) is 0.370. The maximum absolute atomic E-state index is 13.4. The maximum atomic E-state index is 13.4. The Kier molecular flexibility index (Phi) is 6.16. The van der Waals surface area contributed by atoms with Crippen LogP contribution in [0.4, 0.5) is 5.69 Å². The molecule has 0 atom stereocenters. The number of benzene rings is 2. The van der Waals surface area contributed by atoms with Crippen LogP contribution < -0.4 is 10.7 Å². The third kappa shape index (κ3) is 4.53. The van der Waals surface area contributed by atoms with E-state index in [9.17, 15) is 9.59 Å². The van der Waals surface area contributed by atoms with Crippen LogP contribution in [0, 0.1) is 13.8 Å². The molecule has 3 aromatic heterocycles. The van der Waals surface area contributed by atoms with Gasteiger partial charge in [0.05, 0.1) is 5.39 Å². The number of fused-ring (bicyclic) bond motifs is 1. The summed E-state index contributed by atoms with van der Waals surface area (Å²) in [4.78, 5) is 35.4. The largest absolute Gasteiger partial charge is 0.333 e. The lowest BCUT2D eigenvalue weighted by Gasteiger charge is -2.13. The van der Waals surface area contributed by atoms with Gasteiger partial charge in [-0.2, -0.15) is 4.98 Å². The van der Waals surface area contributed by atoms with E-state index in [1.54, 1.807) is 22.9 Å². The molecule has 3 heterocycles. The zero-order valence-electron chi connectivity index (χ0n) is 20.3. The summed E-state index contributed by atoms with van der Waals surface area (Å²) in [6.45, 7) is 5.81. The number of aryl methyl sites for hydroxylation is 3. The molecule has 0 fully saturated rings. The van der Waals surface area contributed by atoms with Crippen LogP contribution in [0.5, 0.6) is 0 Å². The standard InChI is InChI=1S/C28H25N5O3/c1-4-19-9-7-10-20(14-19)30-24(34)16-33-15-23(25(35)22-13-12-18(3)29-27(22)33)28-31-26(32-36-28)21-11-6-5-8-17(21)2/h5-15H,4,16H2,1-3H3,(H,30,34). The predicted molar refractivity (Wildman–Crippen MR) is 139 cm³/mol. The highest BCUT2D eigenvalue weighted by Gasteiger charge is 2.19. The molecule has 0 unspecified atom stereocenters. The Morgan fingerprint density at radius 1 is 1.00 bits per heavy atom. The van der Waals surface area contributed by atoms with E-state index in [2.05, 4.69) is 27.4 Å². The molecule has 0 aliphatic heterocycles. The van der Waals surface area contributed by atoms with Gasteiger partial charge >= 0.3 is 0 Å². The summed E-state index contributed by atoms with van der Waals surface area (Å²) in [5, 5.41) is 7.40. The molecule has 180 valence electrons. The van der Waals surface area contributed by atoms with E-state index in [0.717, 1.165) is 28.8 Å². The highest BCUT2D eigenvalue weighted by Crippen LogP contribution is 2.24. The van der Waals surface area contributed by atoms with Crippen LogP contribution >= 0.6 is 0 Å². The van der Waals surface area contributed by atoms with E-state index in [1.807, 2.05) is 62.4 Å². The Balaban J connectivity index is 1.55. The number of hydrogen-bond acceptors (Lipinski definition) is 6. The monoisotopic (exact) mass is 479 g/mol. The topological polar surface area (TPSA) is 103 Å². The van der Waals surface area contributed by atoms with Crippen LogP contribution in [0.2, 0.25) is 0 Å². The molecule has 36 heavy (non-hydrogen) atoms. The second-order valence-electron chi connectivity index (χ2n) is 8.66. The van der Waals surface area contributed by atoms with Crippen LogP contribution in [0.25, 0.3) is 33.9 Å². The summed E-state index contributed by atoms with van der Waals surface area (Å²) < 4.78 is 7.15. The number of nitrogens with one attached hydrogen (secondary N) is 1. The Labute approximate surface area is 207 Å². The number of carbonyl (C=O) groups is 1. The molecule has 2 aromatic carbocycles. The number of anilines is 1. The minimum absolute atomic E-state index is 0.0463. The van der Waals surface area contributed by atoms with Gasteiger partial charge in [0.1, 0.15) is 17.8 Å². The summed E-state index contributed by atoms with van der Waals surface area (Å²) in [5.74, 6) is 0.240. The first kappa shape index (κ1) is 23.2. The van der Waals surface area contributed by atoms with Gasteiger partial charge in [-0.05, 0) is 55.7 Å². The maximum Gasteiger partial charge on any atom is 0.263 e. The molecule has 5 rings (SSSR count). The zero-order valence-corrected chi connectivity index (χ0v) is 20.3. The minimum atomic E-state index is -0.287. The highest BCUT2D eigenvalue weighted by atomic mass is 16.5. The molecular weight excluding hydrogens is 454 g/mol. The second kappa shape index (κ2) is 9.58. The lowest BCUT2D eigenvalue weighted by Crippen LogP contribution is -2.22. The normalized spacial score (nSPS) is 11.1. The number of amides is 1. The molecule has 0 bridgehead atoms. The second-order valence-corrected chi connectivity index (χ2v) is 8.66. The molecule has 0 aliphatic carbocycles. The van der Waals surface area contributed by atoms with Gasteiger partial charge in [-0.25, -0.2) is 4.98 Å². The fourth-order valence-electron chi connectivity index (χ4n) is 4.12. The summed E-state index contributed by atoms with van der Waals surface area (Å²) in [6, 6.07) is 18.9. The number of pyridine rings is 2. The number of aromatic nitrogens is 4. The van der Waals surface area contributed by atoms with Gasteiger partial charge in [0.25, 0.3) is 5.89 Å². The van der Waals surface area contributed by atoms with Crippen molar-refractivity contribution in [1.29, 1.82) is 0 Å². The number of carbonyl (C=O) groups excluding carboxylic acids is 1. The molecule has 0 radical (unpaired) electrons. The minimum Gasteiger partial charge on any atom is -0.333 e. The molecule has 8 nitrogen and oxygen atoms in total. The molecule has 1 amide bonds. The molecule has 0 saturated carbocycles. The van der Waals surface area contributed by atoms with Gasteiger partial charge in [-0.1, -0.05) is 48.5 Å². The Morgan fingerprint density at radius 2 is 1.83 bits per heavy atom. The van der Waals surface area contributed by atoms with Crippen molar-refractivity contribution < 1.29 is 9.32 Å². The van der Waals surface area contributed by atoms with Gasteiger partial charge in [-0.3, -0.25) is 9.59 Å². The molecule has 0 aliphatic rings. The van der Waals surface area contributed by atoms with Crippen molar-refractivity contribution in [1.82, 2.24) is 19.7 Å². The van der Waals surface area contributed by atoms with Crippen molar-refractivity contribution >= 4 is 22.6 Å². The lowest BCUT2D eigenvalue weighted by atomic mass is 10.1. The zero-order chi connectivity index (χ0) is 25.2. The lowest BCUT2D eigenvalue weighted by molar-refractivity contribution is -0.116. The Morgan fingerprint density at radius 3 is 2.64 bits per heavy atom. The molecule has 0 saturated heterocycles. The van der Waals surface area contributed by atoms with Gasteiger partial charge in [0.2, 0.25) is 17.2 Å². The number of rotatable bonds is 6. The average molecular weight is 480 g/mol. The van der Waals surface area contributed by atoms with E-state index < -0.39 is 0 Å². The van der Waals surface area contributed by atoms with Crippen molar-refractivity contribution in [2.45, 2.75) is 33.7 Å². The molecular formula is C28H25N5O3. The van der Waals surface area contributed by atoms with Crippen molar-refractivity contribution in [3.63, 3.8) is 0 Å². The van der Waals surface area contributed by atoms with E-state index in [0.29, 0.717) is 22.5 Å². The van der Waals surface area contributed by atoms with Gasteiger partial charge in [0, 0.05) is 23.1 Å². The molecule has 1 N–H and O–H groups in total. The summed E-state index contributed by atoms with van der Waals surface area (Å²) in [5.41, 5.74) is 4.73. The van der Waals surface area contributed by atoms with Crippen molar-refractivity contribution in [2.24, 2.45) is 0 Å². The average Bonchev–Trinajstić information content (AvgIpc) is 3.35. The van der Waals surface area contributed by atoms with E-state index in [4.69, 9.17) is 4.52 Å². The fourth-order valence-corrected chi connectivity index (χ4v) is 4.12. The smallest absolute Gasteiger partial charge is 0.263 e. The van der Waals surface area contributed by atoms with Gasteiger partial charge in [0.15, 0.2) is 0 Å². The number of hydrogen-bond donors (Lipinski definition) is 1. The Hall–Kier alpha value is -4.59. The van der Waals surface area contributed by atoms with Crippen LogP contribution in [0.1, 0.15) is 23.7 Å². The molecule has 5 aromatic rings. The fraction of sp³-hybridized carbons (Fsp3) is 0.179. The SMILES string of the molecule is CCc1cccc(NC(=O)Cn2cc(-c3nc(-c4ccccc4C)no3)c(=O)c3ccc(C)nc32)c1. The first-order valence-electron chi connectivity index (χ1n) is 11.7. The van der Waals surface area contributed by atoms with Crippen LogP contribution in [0.3, 0.4) is 0 Å². The molecule has 0 spiro atoms. The van der Waals surface area contributed by atoms with Crippen LogP contribution in [-0.4, -0.2) is 25.6 Å². The third-order valence-electron chi connectivity index (χ3n) is 6.04. The first-order valence-corrected chi connectivity index (χ1v) is 11.7. The summed E-state index contributed by atoms with van der Waals surface area (Å²) >= 11 is 0. The third-order valence-corrected chi connectivity index (χ3v) is 6.04. The highest BCUT2D eigenvalue weighted by molar-refractivity contribution is 5.92. The van der Waals surface area contributed by atoms with Crippen molar-refractivity contribution in [2.75, 3.05) is 5.32 Å². The first-order chi connectivity index (χ1) is 17.4. The van der Waals surface area contributed by atoms with Gasteiger partial charge < -0.3 is 14.4 Å². The number of nitrogens with zero attached hydrogens (tertiary/aromatic N) is 4. The van der Waals surface area contributed by atoms with Crippen LogP contribution in [-0.2, 0) is 17.8 Å². The summed E-state index contributed by atoms with van der Waals surface area (Å²) in [7, 11) is 0. The van der Waals surface area contributed by atoms with E-state index in [1.165, 1.54) is 0 Å².